The zero-order valence-electron chi connectivity index (χ0n) is 13.9. The van der Waals surface area contributed by atoms with E-state index in [4.69, 9.17) is 10.4 Å². The molecule has 0 aromatic heterocycles. The van der Waals surface area contributed by atoms with Crippen LogP contribution in [0.15, 0.2) is 84.9 Å². The largest absolute Gasteiger partial charge is 0.419 e. The maximum Gasteiger partial charge on any atom is 0.362 e. The van der Waals surface area contributed by atoms with Crippen LogP contribution in [0.25, 0.3) is 0 Å². The van der Waals surface area contributed by atoms with E-state index in [0.29, 0.717) is 6.54 Å². The highest BCUT2D eigenvalue weighted by Gasteiger charge is 2.25. The van der Waals surface area contributed by atoms with Crippen molar-refractivity contribution >= 4 is 17.8 Å². The molecular weight excluding hydrogens is 293 g/mol. The van der Waals surface area contributed by atoms with Crippen molar-refractivity contribution in [3.8, 4) is 0 Å². The van der Waals surface area contributed by atoms with E-state index in [0.717, 1.165) is 16.5 Å². The minimum Gasteiger partial charge on any atom is -0.419 e. The lowest BCUT2D eigenvalue weighted by Crippen LogP contribution is -2.46. The van der Waals surface area contributed by atoms with Crippen LogP contribution in [-0.4, -0.2) is 13.5 Å². The molecule has 0 aliphatic rings. The van der Waals surface area contributed by atoms with Gasteiger partial charge in [-0.15, -0.1) is 0 Å². The number of benzene rings is 3. The highest BCUT2D eigenvalue weighted by molar-refractivity contribution is 6.80. The summed E-state index contributed by atoms with van der Waals surface area (Å²) in [6.07, 6.45) is -0.141. The second-order valence-corrected chi connectivity index (χ2v) is 5.97. The van der Waals surface area contributed by atoms with Crippen molar-refractivity contribution < 1.29 is 4.65 Å². The molecule has 0 saturated carbocycles. The maximum atomic E-state index is 6.47. The van der Waals surface area contributed by atoms with Crippen LogP contribution in [0.2, 0.25) is 0 Å². The van der Waals surface area contributed by atoms with Gasteiger partial charge in [0.2, 0.25) is 0 Å². The molecule has 0 aliphatic carbocycles. The van der Waals surface area contributed by atoms with Gasteiger partial charge in [0.1, 0.15) is 0 Å². The summed E-state index contributed by atoms with van der Waals surface area (Å²) in [5, 5.41) is 0. The number of aryl methyl sites for hydroxylation is 1. The molecule has 3 heteroatoms. The molecule has 0 spiro atoms. The Morgan fingerprint density at radius 2 is 1.33 bits per heavy atom. The first-order valence-corrected chi connectivity index (χ1v) is 8.30. The van der Waals surface area contributed by atoms with Gasteiger partial charge < -0.3 is 10.4 Å². The lowest BCUT2D eigenvalue weighted by Gasteiger charge is -2.23. The molecule has 0 fully saturated rings. The molecule has 0 aliphatic heterocycles. The van der Waals surface area contributed by atoms with Gasteiger partial charge in [0.05, 0.1) is 6.10 Å². The van der Waals surface area contributed by atoms with Gasteiger partial charge in [-0.25, -0.2) is 0 Å². The van der Waals surface area contributed by atoms with Crippen LogP contribution in [0.5, 0.6) is 0 Å². The SMILES string of the molecule is Cc1ccc(B(OC(CN)c2ccccc2)c2ccccc2)cc1. The Labute approximate surface area is 144 Å². The molecule has 2 N–H and O–H groups in total. The Morgan fingerprint density at radius 3 is 1.92 bits per heavy atom. The fourth-order valence-corrected chi connectivity index (χ4v) is 2.82. The summed E-state index contributed by atoms with van der Waals surface area (Å²) in [4.78, 5) is 0. The predicted octanol–water partition coefficient (Wildman–Crippen LogP) is 2.82. The average molecular weight is 315 g/mol. The third kappa shape index (κ3) is 3.94. The van der Waals surface area contributed by atoms with Crippen LogP contribution < -0.4 is 16.7 Å². The minimum absolute atomic E-state index is 0.138. The molecular formula is C21H22BNO. The number of hydrogen-bond acceptors (Lipinski definition) is 2. The Hall–Kier alpha value is -2.36. The zero-order chi connectivity index (χ0) is 16.8. The molecule has 3 aromatic carbocycles. The van der Waals surface area contributed by atoms with E-state index in [-0.39, 0.29) is 13.0 Å². The Bertz CT molecular complexity index is 744. The maximum absolute atomic E-state index is 6.47. The topological polar surface area (TPSA) is 35.2 Å². The van der Waals surface area contributed by atoms with Crippen LogP contribution in [-0.2, 0) is 4.65 Å². The first-order chi connectivity index (χ1) is 11.8. The van der Waals surface area contributed by atoms with E-state index in [2.05, 4.69) is 55.5 Å². The van der Waals surface area contributed by atoms with Crippen LogP contribution in [0.1, 0.15) is 17.2 Å². The monoisotopic (exact) mass is 315 g/mol. The van der Waals surface area contributed by atoms with Gasteiger partial charge in [-0.05, 0) is 23.4 Å². The van der Waals surface area contributed by atoms with E-state index in [1.807, 2.05) is 36.4 Å². The summed E-state index contributed by atoms with van der Waals surface area (Å²) in [6, 6.07) is 29.0. The second-order valence-electron chi connectivity index (χ2n) is 5.97. The zero-order valence-corrected chi connectivity index (χ0v) is 13.9. The van der Waals surface area contributed by atoms with Gasteiger partial charge in [0.15, 0.2) is 0 Å². The molecule has 24 heavy (non-hydrogen) atoms. The van der Waals surface area contributed by atoms with E-state index in [9.17, 15) is 0 Å². The summed E-state index contributed by atoms with van der Waals surface area (Å²) in [5.41, 5.74) is 10.6. The Balaban J connectivity index is 1.94. The third-order valence-corrected chi connectivity index (χ3v) is 4.17. The van der Waals surface area contributed by atoms with E-state index in [1.54, 1.807) is 0 Å². The molecule has 1 atom stereocenters. The third-order valence-electron chi connectivity index (χ3n) is 4.17. The van der Waals surface area contributed by atoms with Crippen LogP contribution in [0.3, 0.4) is 0 Å². The Morgan fingerprint density at radius 1 is 0.792 bits per heavy atom. The molecule has 0 radical (unpaired) electrons. The number of rotatable bonds is 6. The fraction of sp³-hybridized carbons (Fsp3) is 0.143. The lowest BCUT2D eigenvalue weighted by molar-refractivity contribution is 0.223. The van der Waals surface area contributed by atoms with Crippen molar-refractivity contribution in [3.63, 3.8) is 0 Å². The van der Waals surface area contributed by atoms with E-state index < -0.39 is 0 Å². The van der Waals surface area contributed by atoms with Crippen molar-refractivity contribution in [2.45, 2.75) is 13.0 Å². The Kier molecular flexibility index (Phi) is 5.47. The van der Waals surface area contributed by atoms with Crippen molar-refractivity contribution in [2.75, 3.05) is 6.54 Å². The smallest absolute Gasteiger partial charge is 0.362 e. The fourth-order valence-electron chi connectivity index (χ4n) is 2.82. The van der Waals surface area contributed by atoms with Gasteiger partial charge >= 0.3 is 6.92 Å². The second kappa shape index (κ2) is 7.96. The minimum atomic E-state index is -0.141. The first-order valence-electron chi connectivity index (χ1n) is 8.30. The summed E-state index contributed by atoms with van der Waals surface area (Å²) in [7, 11) is 0. The predicted molar refractivity (Wildman–Crippen MR) is 102 cm³/mol. The van der Waals surface area contributed by atoms with Crippen LogP contribution in [0, 0.1) is 6.92 Å². The lowest BCUT2D eigenvalue weighted by atomic mass is 9.55. The van der Waals surface area contributed by atoms with E-state index in [1.165, 1.54) is 5.56 Å². The summed E-state index contributed by atoms with van der Waals surface area (Å²) in [6.45, 7) is 2.40. The van der Waals surface area contributed by atoms with Crippen molar-refractivity contribution in [3.05, 3.63) is 96.1 Å². The van der Waals surface area contributed by atoms with E-state index >= 15 is 0 Å². The standard InChI is InChI=1S/C21H22BNO/c1-17-12-14-20(15-13-17)22(19-10-6-3-7-11-19)24-21(16-23)18-8-4-2-5-9-18/h2-15,21H,16,23H2,1H3. The molecule has 120 valence electrons. The molecule has 0 saturated heterocycles. The van der Waals surface area contributed by atoms with Crippen molar-refractivity contribution in [1.29, 1.82) is 0 Å². The molecule has 3 rings (SSSR count). The van der Waals surface area contributed by atoms with Gasteiger partial charge in [-0.1, -0.05) is 90.5 Å². The van der Waals surface area contributed by atoms with Crippen LogP contribution >= 0.6 is 0 Å². The van der Waals surface area contributed by atoms with Gasteiger partial charge in [-0.2, -0.15) is 0 Å². The molecule has 2 nitrogen and oxygen atoms in total. The first kappa shape index (κ1) is 16.5. The van der Waals surface area contributed by atoms with Gasteiger partial charge in [-0.3, -0.25) is 0 Å². The number of hydrogen-bond donors (Lipinski definition) is 1. The normalized spacial score (nSPS) is 11.9. The summed E-state index contributed by atoms with van der Waals surface area (Å²) >= 11 is 0. The van der Waals surface area contributed by atoms with Gasteiger partial charge in [0, 0.05) is 6.54 Å². The number of nitrogens with two attached hydrogens (primary N) is 1. The van der Waals surface area contributed by atoms with Gasteiger partial charge in [0.25, 0.3) is 0 Å². The molecule has 0 heterocycles. The van der Waals surface area contributed by atoms with Crippen molar-refractivity contribution in [2.24, 2.45) is 5.73 Å². The average Bonchev–Trinajstić information content (AvgIpc) is 2.65. The summed E-state index contributed by atoms with van der Waals surface area (Å²) < 4.78 is 6.47. The quantitative estimate of drug-likeness (QED) is 0.710. The van der Waals surface area contributed by atoms with Crippen molar-refractivity contribution in [1.82, 2.24) is 0 Å². The molecule has 0 amide bonds. The summed E-state index contributed by atoms with van der Waals surface area (Å²) in [5.74, 6) is 0. The molecule has 0 bridgehead atoms. The highest BCUT2D eigenvalue weighted by Crippen LogP contribution is 2.17. The highest BCUT2D eigenvalue weighted by atomic mass is 16.4. The molecule has 1 unspecified atom stereocenters. The van der Waals surface area contributed by atoms with Crippen LogP contribution in [0.4, 0.5) is 0 Å². The molecule has 3 aromatic rings.